The first kappa shape index (κ1) is 10.6. The van der Waals surface area contributed by atoms with Gasteiger partial charge in [-0.1, -0.05) is 33.4 Å². The van der Waals surface area contributed by atoms with Gasteiger partial charge in [0.1, 0.15) is 5.75 Å². The average Bonchev–Trinajstić information content (AvgIpc) is 2.07. The van der Waals surface area contributed by atoms with Crippen molar-refractivity contribution in [1.82, 2.24) is 0 Å². The monoisotopic (exact) mass is 188 g/mol. The van der Waals surface area contributed by atoms with E-state index in [0.717, 1.165) is 5.56 Å². The summed E-state index contributed by atoms with van der Waals surface area (Å²) in [6.07, 6.45) is 1.69. The fourth-order valence-electron chi connectivity index (χ4n) is 1.25. The van der Waals surface area contributed by atoms with E-state index in [1.54, 1.807) is 12.1 Å². The number of phenolic OH excluding ortho intramolecular Hbond substituents is 1. The molecular weight excluding hydrogens is 172 g/mol. The van der Waals surface area contributed by atoms with Gasteiger partial charge < -0.3 is 5.11 Å². The highest BCUT2D eigenvalue weighted by Crippen LogP contribution is 2.27. The maximum atomic E-state index is 9.53. The summed E-state index contributed by atoms with van der Waals surface area (Å²) in [5, 5.41) is 9.53. The predicted molar refractivity (Wildman–Crippen MR) is 60.4 cm³/mol. The topological polar surface area (TPSA) is 20.2 Å². The van der Waals surface area contributed by atoms with Crippen molar-refractivity contribution in [3.05, 3.63) is 41.6 Å². The molecule has 14 heavy (non-hydrogen) atoms. The summed E-state index contributed by atoms with van der Waals surface area (Å²) >= 11 is 0. The van der Waals surface area contributed by atoms with Gasteiger partial charge in [-0.2, -0.15) is 0 Å². The zero-order valence-electron chi connectivity index (χ0n) is 8.96. The van der Waals surface area contributed by atoms with E-state index in [0.29, 0.717) is 0 Å². The number of benzene rings is 1. The van der Waals surface area contributed by atoms with Gasteiger partial charge in [0.25, 0.3) is 0 Å². The Labute approximate surface area is 85.4 Å². The molecule has 0 radical (unpaired) electrons. The van der Waals surface area contributed by atoms with Crippen LogP contribution >= 0.6 is 0 Å². The second-order valence-electron chi connectivity index (χ2n) is 4.37. The van der Waals surface area contributed by atoms with Crippen molar-refractivity contribution in [3.8, 4) is 5.75 Å². The van der Waals surface area contributed by atoms with E-state index in [1.165, 1.54) is 5.56 Å². The van der Waals surface area contributed by atoms with Crippen molar-refractivity contribution in [1.29, 1.82) is 0 Å². The normalized spacial score (nSPS) is 10.8. The molecule has 0 aliphatic rings. The molecule has 1 aromatic rings. The van der Waals surface area contributed by atoms with E-state index >= 15 is 0 Å². The summed E-state index contributed by atoms with van der Waals surface area (Å²) in [4.78, 5) is 0. The van der Waals surface area contributed by atoms with Crippen molar-refractivity contribution in [2.45, 2.75) is 26.2 Å². The van der Waals surface area contributed by atoms with Gasteiger partial charge in [0, 0.05) is 5.56 Å². The smallest absolute Gasteiger partial charge is 0.123 e. The summed E-state index contributed by atoms with van der Waals surface area (Å²) in [6.45, 7) is 9.92. The van der Waals surface area contributed by atoms with E-state index in [1.807, 2.05) is 12.1 Å². The molecule has 0 bridgehead atoms. The second kappa shape index (κ2) is 3.73. The molecule has 0 amide bonds. The molecule has 0 saturated heterocycles. The third-order valence-corrected chi connectivity index (χ3v) is 2.15. The molecule has 1 rings (SSSR count). The summed E-state index contributed by atoms with van der Waals surface area (Å²) in [7, 11) is 0. The van der Waals surface area contributed by atoms with Crippen LogP contribution in [0.3, 0.4) is 0 Å². The first-order chi connectivity index (χ1) is 6.45. The molecule has 0 aliphatic heterocycles. The van der Waals surface area contributed by atoms with Crippen LogP contribution in [-0.4, -0.2) is 5.11 Å². The number of rotatable bonds is 1. The van der Waals surface area contributed by atoms with Gasteiger partial charge in [0.2, 0.25) is 0 Å². The minimum Gasteiger partial charge on any atom is -0.507 e. The zero-order valence-corrected chi connectivity index (χ0v) is 8.96. The van der Waals surface area contributed by atoms with E-state index in [4.69, 9.17) is 0 Å². The Balaban J connectivity index is 3.26. The van der Waals surface area contributed by atoms with Crippen LogP contribution in [0.4, 0.5) is 0 Å². The van der Waals surface area contributed by atoms with Gasteiger partial charge in [-0.05, 0) is 29.2 Å². The Hall–Kier alpha value is -1.46. The minimum atomic E-state index is 0.0947. The van der Waals surface area contributed by atoms with Gasteiger partial charge in [-0.15, -0.1) is 5.73 Å². The zero-order chi connectivity index (χ0) is 10.8. The number of hydrogen-bond acceptors (Lipinski definition) is 1. The Morgan fingerprint density at radius 2 is 2.00 bits per heavy atom. The van der Waals surface area contributed by atoms with Crippen molar-refractivity contribution in [2.24, 2.45) is 0 Å². The highest BCUT2D eigenvalue weighted by atomic mass is 16.3. The summed E-state index contributed by atoms with van der Waals surface area (Å²) in [5.74, 6) is 0.272. The Kier molecular flexibility index (Phi) is 2.83. The van der Waals surface area contributed by atoms with Crippen molar-refractivity contribution >= 4 is 6.08 Å². The van der Waals surface area contributed by atoms with Gasteiger partial charge in [-0.25, -0.2) is 0 Å². The molecule has 0 heterocycles. The Morgan fingerprint density at radius 3 is 2.50 bits per heavy atom. The van der Waals surface area contributed by atoms with Crippen molar-refractivity contribution < 1.29 is 5.11 Å². The highest BCUT2D eigenvalue weighted by molar-refractivity contribution is 5.57. The highest BCUT2D eigenvalue weighted by Gasteiger charge is 2.14. The largest absolute Gasteiger partial charge is 0.507 e. The lowest BCUT2D eigenvalue weighted by atomic mass is 9.86. The van der Waals surface area contributed by atoms with E-state index in [2.05, 4.69) is 33.1 Å². The first-order valence-electron chi connectivity index (χ1n) is 4.64. The molecule has 0 atom stereocenters. The lowest BCUT2D eigenvalue weighted by Gasteiger charge is -2.19. The maximum Gasteiger partial charge on any atom is 0.123 e. The summed E-state index contributed by atoms with van der Waals surface area (Å²) in [5.41, 5.74) is 4.73. The van der Waals surface area contributed by atoms with Gasteiger partial charge >= 0.3 is 0 Å². The number of aromatic hydroxyl groups is 1. The predicted octanol–water partition coefficient (Wildman–Crippen LogP) is 3.49. The standard InChI is InChI=1S/C13H16O/c1-5-6-10-9-11(13(2,3)4)7-8-12(10)14/h6-9,14H,1H2,2-4H3. The molecular formula is C13H16O. The quantitative estimate of drug-likeness (QED) is 0.669. The fraction of sp³-hybridized carbons (Fsp3) is 0.308. The molecule has 0 aromatic heterocycles. The van der Waals surface area contributed by atoms with Crippen LogP contribution in [-0.2, 0) is 5.41 Å². The average molecular weight is 188 g/mol. The molecule has 1 aromatic carbocycles. The fourth-order valence-corrected chi connectivity index (χ4v) is 1.25. The summed E-state index contributed by atoms with van der Waals surface area (Å²) < 4.78 is 0. The molecule has 1 nitrogen and oxygen atoms in total. The third kappa shape index (κ3) is 2.27. The second-order valence-corrected chi connectivity index (χ2v) is 4.37. The van der Waals surface area contributed by atoms with E-state index < -0.39 is 0 Å². The van der Waals surface area contributed by atoms with Gasteiger partial charge in [-0.3, -0.25) is 0 Å². The van der Waals surface area contributed by atoms with Crippen molar-refractivity contribution in [2.75, 3.05) is 0 Å². The van der Waals surface area contributed by atoms with Crippen LogP contribution in [0, 0.1) is 0 Å². The molecule has 1 heteroatoms. The van der Waals surface area contributed by atoms with Crippen LogP contribution < -0.4 is 0 Å². The summed E-state index contributed by atoms with van der Waals surface area (Å²) in [6, 6.07) is 5.62. The Bertz CT molecular complexity index is 377. The van der Waals surface area contributed by atoms with Crippen molar-refractivity contribution in [3.63, 3.8) is 0 Å². The Morgan fingerprint density at radius 1 is 1.36 bits per heavy atom. The van der Waals surface area contributed by atoms with Crippen LogP contribution in [0.15, 0.2) is 30.5 Å². The van der Waals surface area contributed by atoms with Crippen LogP contribution in [0.2, 0.25) is 0 Å². The molecule has 0 aliphatic carbocycles. The molecule has 0 fully saturated rings. The van der Waals surface area contributed by atoms with Crippen LogP contribution in [0.25, 0.3) is 6.08 Å². The van der Waals surface area contributed by atoms with Crippen LogP contribution in [0.5, 0.6) is 5.75 Å². The SMILES string of the molecule is C=C=Cc1cc(C(C)(C)C)ccc1O. The molecule has 0 unspecified atom stereocenters. The first-order valence-corrected chi connectivity index (χ1v) is 4.64. The number of hydrogen-bond donors (Lipinski definition) is 1. The van der Waals surface area contributed by atoms with E-state index in [-0.39, 0.29) is 11.2 Å². The number of phenols is 1. The van der Waals surface area contributed by atoms with Gasteiger partial charge in [0.15, 0.2) is 0 Å². The molecule has 74 valence electrons. The minimum absolute atomic E-state index is 0.0947. The third-order valence-electron chi connectivity index (χ3n) is 2.15. The van der Waals surface area contributed by atoms with E-state index in [9.17, 15) is 5.11 Å². The van der Waals surface area contributed by atoms with Gasteiger partial charge in [0.05, 0.1) is 0 Å². The maximum absolute atomic E-state index is 9.53. The lowest BCUT2D eigenvalue weighted by Crippen LogP contribution is -2.10. The molecule has 1 N–H and O–H groups in total. The van der Waals surface area contributed by atoms with Crippen LogP contribution in [0.1, 0.15) is 31.9 Å². The lowest BCUT2D eigenvalue weighted by molar-refractivity contribution is 0.472. The molecule has 0 saturated carbocycles. The molecule has 0 spiro atoms.